The molecule has 0 aliphatic carbocycles. The maximum absolute atomic E-state index is 9.88. The molecule has 0 radical (unpaired) electrons. The van der Waals surface area contributed by atoms with E-state index in [1.54, 1.807) is 25.3 Å². The van der Waals surface area contributed by atoms with E-state index in [9.17, 15) is 5.11 Å². The second-order valence-electron chi connectivity index (χ2n) is 4.51. The van der Waals surface area contributed by atoms with Crippen molar-refractivity contribution in [2.75, 3.05) is 26.9 Å². The molecule has 0 aliphatic rings. The molecular formula is C14H21Cl2NO3. The fourth-order valence-corrected chi connectivity index (χ4v) is 1.99. The highest BCUT2D eigenvalue weighted by molar-refractivity contribution is 6.34. The summed E-state index contributed by atoms with van der Waals surface area (Å²) in [6.45, 7) is 3.26. The summed E-state index contributed by atoms with van der Waals surface area (Å²) >= 11 is 11.8. The van der Waals surface area contributed by atoms with Gasteiger partial charge in [0, 0.05) is 30.8 Å². The third kappa shape index (κ3) is 6.29. The van der Waals surface area contributed by atoms with Gasteiger partial charge < -0.3 is 19.9 Å². The molecule has 114 valence electrons. The third-order valence-electron chi connectivity index (χ3n) is 2.83. The number of ether oxygens (including phenoxy) is 2. The smallest absolute Gasteiger partial charge is 0.139 e. The van der Waals surface area contributed by atoms with E-state index in [1.165, 1.54) is 0 Å². The molecule has 1 aromatic rings. The first kappa shape index (κ1) is 17.5. The Bertz CT molecular complexity index is 404. The maximum Gasteiger partial charge on any atom is 0.139 e. The third-order valence-corrected chi connectivity index (χ3v) is 3.37. The van der Waals surface area contributed by atoms with Gasteiger partial charge in [0.05, 0.1) is 11.6 Å². The zero-order chi connectivity index (χ0) is 15.0. The predicted molar refractivity (Wildman–Crippen MR) is 81.9 cm³/mol. The molecule has 2 unspecified atom stereocenters. The molecule has 0 aliphatic heterocycles. The van der Waals surface area contributed by atoms with Crippen molar-refractivity contribution < 1.29 is 14.6 Å². The van der Waals surface area contributed by atoms with E-state index < -0.39 is 6.10 Å². The molecule has 1 aromatic carbocycles. The van der Waals surface area contributed by atoms with Gasteiger partial charge in [0.15, 0.2) is 0 Å². The molecule has 0 amide bonds. The Kier molecular flexibility index (Phi) is 8.26. The first-order valence-electron chi connectivity index (χ1n) is 6.55. The van der Waals surface area contributed by atoms with Crippen LogP contribution in [0.1, 0.15) is 13.3 Å². The Morgan fingerprint density at radius 2 is 2.05 bits per heavy atom. The molecule has 0 spiro atoms. The van der Waals surface area contributed by atoms with E-state index in [0.29, 0.717) is 28.9 Å². The maximum atomic E-state index is 9.88. The van der Waals surface area contributed by atoms with E-state index >= 15 is 0 Å². The molecule has 2 N–H and O–H groups in total. The fraction of sp³-hybridized carbons (Fsp3) is 0.571. The van der Waals surface area contributed by atoms with Crippen LogP contribution in [0.2, 0.25) is 10.0 Å². The summed E-state index contributed by atoms with van der Waals surface area (Å²) in [7, 11) is 1.66. The van der Waals surface area contributed by atoms with Gasteiger partial charge in [-0.15, -0.1) is 0 Å². The molecule has 0 saturated heterocycles. The number of hydrogen-bond acceptors (Lipinski definition) is 4. The summed E-state index contributed by atoms with van der Waals surface area (Å²) in [5.41, 5.74) is 0. The Balaban J connectivity index is 2.35. The summed E-state index contributed by atoms with van der Waals surface area (Å²) in [5, 5.41) is 14.1. The largest absolute Gasteiger partial charge is 0.489 e. The highest BCUT2D eigenvalue weighted by Gasteiger charge is 2.11. The van der Waals surface area contributed by atoms with Crippen LogP contribution in [0, 0.1) is 0 Å². The number of hydrogen-bond donors (Lipinski definition) is 2. The minimum atomic E-state index is -0.629. The molecule has 6 heteroatoms. The standard InChI is InChI=1S/C14H21Cl2NO3/c1-3-11(8-19-2)17-7-12(18)9-20-14-6-10(15)4-5-13(14)16/h4-6,11-12,17-18H,3,7-9H2,1-2H3. The number of rotatable bonds is 9. The lowest BCUT2D eigenvalue weighted by molar-refractivity contribution is 0.0953. The van der Waals surface area contributed by atoms with Gasteiger partial charge in [-0.3, -0.25) is 0 Å². The zero-order valence-corrected chi connectivity index (χ0v) is 13.2. The van der Waals surface area contributed by atoms with E-state index in [2.05, 4.69) is 12.2 Å². The lowest BCUT2D eigenvalue weighted by Gasteiger charge is -2.19. The average molecular weight is 322 g/mol. The zero-order valence-electron chi connectivity index (χ0n) is 11.7. The Hall–Kier alpha value is -0.520. The number of halogens is 2. The molecule has 2 atom stereocenters. The highest BCUT2D eigenvalue weighted by atomic mass is 35.5. The molecule has 1 rings (SSSR count). The van der Waals surface area contributed by atoms with Gasteiger partial charge in [-0.2, -0.15) is 0 Å². The monoisotopic (exact) mass is 321 g/mol. The van der Waals surface area contributed by atoms with Crippen LogP contribution in [-0.4, -0.2) is 44.1 Å². The van der Waals surface area contributed by atoms with Crippen LogP contribution in [0.3, 0.4) is 0 Å². The van der Waals surface area contributed by atoms with Crippen LogP contribution in [0.15, 0.2) is 18.2 Å². The average Bonchev–Trinajstić information content (AvgIpc) is 2.44. The minimum Gasteiger partial charge on any atom is -0.489 e. The first-order valence-corrected chi connectivity index (χ1v) is 7.30. The van der Waals surface area contributed by atoms with E-state index in [-0.39, 0.29) is 12.6 Å². The predicted octanol–water partition coefficient (Wildman–Crippen LogP) is 2.75. The molecule has 0 fully saturated rings. The van der Waals surface area contributed by atoms with Crippen LogP contribution in [-0.2, 0) is 4.74 Å². The molecule has 0 aromatic heterocycles. The van der Waals surface area contributed by atoms with E-state index in [0.717, 1.165) is 6.42 Å². The van der Waals surface area contributed by atoms with Crippen LogP contribution in [0.5, 0.6) is 5.75 Å². The van der Waals surface area contributed by atoms with E-state index in [1.807, 2.05) is 0 Å². The van der Waals surface area contributed by atoms with Crippen LogP contribution in [0.25, 0.3) is 0 Å². The second-order valence-corrected chi connectivity index (χ2v) is 5.35. The Labute approximate surface area is 130 Å². The second kappa shape index (κ2) is 9.42. The first-order chi connectivity index (χ1) is 9.56. The molecule has 0 saturated carbocycles. The van der Waals surface area contributed by atoms with E-state index in [4.69, 9.17) is 32.7 Å². The van der Waals surface area contributed by atoms with Crippen molar-refractivity contribution in [1.29, 1.82) is 0 Å². The van der Waals surface area contributed by atoms with Crippen LogP contribution < -0.4 is 10.1 Å². The quantitative estimate of drug-likeness (QED) is 0.734. The molecule has 20 heavy (non-hydrogen) atoms. The highest BCUT2D eigenvalue weighted by Crippen LogP contribution is 2.27. The Morgan fingerprint density at radius 1 is 1.30 bits per heavy atom. The Morgan fingerprint density at radius 3 is 2.70 bits per heavy atom. The molecule has 0 bridgehead atoms. The lowest BCUT2D eigenvalue weighted by atomic mass is 10.2. The normalized spacial score (nSPS) is 14.1. The van der Waals surface area contributed by atoms with Gasteiger partial charge in [-0.25, -0.2) is 0 Å². The van der Waals surface area contributed by atoms with Crippen LogP contribution in [0.4, 0.5) is 0 Å². The lowest BCUT2D eigenvalue weighted by Crippen LogP contribution is -2.40. The topological polar surface area (TPSA) is 50.7 Å². The van der Waals surface area contributed by atoms with Crippen molar-refractivity contribution in [3.05, 3.63) is 28.2 Å². The number of methoxy groups -OCH3 is 1. The van der Waals surface area contributed by atoms with Crippen molar-refractivity contribution in [2.24, 2.45) is 0 Å². The number of benzene rings is 1. The number of nitrogens with one attached hydrogen (secondary N) is 1. The van der Waals surface area contributed by atoms with Gasteiger partial charge in [0.25, 0.3) is 0 Å². The van der Waals surface area contributed by atoms with Crippen LogP contribution >= 0.6 is 23.2 Å². The van der Waals surface area contributed by atoms with Crippen molar-refractivity contribution in [1.82, 2.24) is 5.32 Å². The molecule has 4 nitrogen and oxygen atoms in total. The summed E-state index contributed by atoms with van der Waals surface area (Å²) in [5.74, 6) is 0.474. The van der Waals surface area contributed by atoms with Crippen molar-refractivity contribution in [3.63, 3.8) is 0 Å². The van der Waals surface area contributed by atoms with Gasteiger partial charge in [0.1, 0.15) is 18.5 Å². The number of aliphatic hydroxyl groups is 1. The summed E-state index contributed by atoms with van der Waals surface area (Å²) < 4.78 is 10.5. The summed E-state index contributed by atoms with van der Waals surface area (Å²) in [6, 6.07) is 5.20. The SMILES string of the molecule is CCC(COC)NCC(O)COc1cc(Cl)ccc1Cl. The van der Waals surface area contributed by atoms with Crippen molar-refractivity contribution >= 4 is 23.2 Å². The van der Waals surface area contributed by atoms with Gasteiger partial charge in [-0.05, 0) is 18.6 Å². The van der Waals surface area contributed by atoms with Crippen molar-refractivity contribution in [2.45, 2.75) is 25.5 Å². The number of aliphatic hydroxyl groups excluding tert-OH is 1. The summed E-state index contributed by atoms with van der Waals surface area (Å²) in [6.07, 6.45) is 0.303. The molecule has 0 heterocycles. The van der Waals surface area contributed by atoms with Gasteiger partial charge >= 0.3 is 0 Å². The minimum absolute atomic E-state index is 0.149. The molecular weight excluding hydrogens is 301 g/mol. The van der Waals surface area contributed by atoms with Crippen molar-refractivity contribution in [3.8, 4) is 5.75 Å². The summed E-state index contributed by atoms with van der Waals surface area (Å²) in [4.78, 5) is 0. The van der Waals surface area contributed by atoms with Gasteiger partial charge in [-0.1, -0.05) is 30.1 Å². The van der Waals surface area contributed by atoms with Gasteiger partial charge in [0.2, 0.25) is 0 Å². The fourth-order valence-electron chi connectivity index (χ4n) is 1.66.